The van der Waals surface area contributed by atoms with Gasteiger partial charge in [-0.2, -0.15) is 0 Å². The minimum atomic E-state index is -0.685. The number of aromatic amines is 1. The number of esters is 1. The SMILES string of the molecule is C[C@@H](OC(=O)c1ccc(Cl)cc1)c1nc2ccccc2c(=O)[nH]1. The zero-order chi connectivity index (χ0) is 16.4. The van der Waals surface area contributed by atoms with Crippen molar-refractivity contribution < 1.29 is 9.53 Å². The third-order valence-electron chi connectivity index (χ3n) is 3.38. The van der Waals surface area contributed by atoms with Crippen LogP contribution < -0.4 is 5.56 Å². The molecule has 116 valence electrons. The lowest BCUT2D eigenvalue weighted by Gasteiger charge is -2.13. The normalized spacial score (nSPS) is 12.1. The molecule has 0 aliphatic rings. The number of ether oxygens (including phenoxy) is 1. The third-order valence-corrected chi connectivity index (χ3v) is 3.63. The lowest BCUT2D eigenvalue weighted by atomic mass is 10.2. The number of halogens is 1. The maximum Gasteiger partial charge on any atom is 0.338 e. The third kappa shape index (κ3) is 3.24. The first-order chi connectivity index (χ1) is 11.0. The fourth-order valence-corrected chi connectivity index (χ4v) is 2.29. The van der Waals surface area contributed by atoms with Gasteiger partial charge in [0.05, 0.1) is 16.5 Å². The molecular formula is C17H13ClN2O3. The maximum absolute atomic E-state index is 12.1. The van der Waals surface area contributed by atoms with Crippen LogP contribution in [0.2, 0.25) is 5.02 Å². The van der Waals surface area contributed by atoms with E-state index in [1.165, 1.54) is 0 Å². The second-order valence-electron chi connectivity index (χ2n) is 5.02. The van der Waals surface area contributed by atoms with E-state index < -0.39 is 12.1 Å². The minimum Gasteiger partial charge on any atom is -0.451 e. The van der Waals surface area contributed by atoms with Crippen molar-refractivity contribution in [3.63, 3.8) is 0 Å². The summed E-state index contributed by atoms with van der Waals surface area (Å²) in [7, 11) is 0. The highest BCUT2D eigenvalue weighted by molar-refractivity contribution is 6.30. The summed E-state index contributed by atoms with van der Waals surface area (Å²) in [6, 6.07) is 13.4. The topological polar surface area (TPSA) is 72.0 Å². The van der Waals surface area contributed by atoms with E-state index in [1.807, 2.05) is 0 Å². The Morgan fingerprint density at radius 1 is 1.17 bits per heavy atom. The van der Waals surface area contributed by atoms with Crippen molar-refractivity contribution >= 4 is 28.5 Å². The summed E-state index contributed by atoms with van der Waals surface area (Å²) >= 11 is 5.79. The number of carbonyl (C=O) groups excluding carboxylic acids is 1. The van der Waals surface area contributed by atoms with Crippen molar-refractivity contribution in [2.45, 2.75) is 13.0 Å². The molecule has 0 amide bonds. The van der Waals surface area contributed by atoms with Gasteiger partial charge >= 0.3 is 5.97 Å². The quantitative estimate of drug-likeness (QED) is 0.747. The summed E-state index contributed by atoms with van der Waals surface area (Å²) in [5.74, 6) is -0.207. The number of carbonyl (C=O) groups is 1. The van der Waals surface area contributed by atoms with Crippen molar-refractivity contribution in [1.29, 1.82) is 0 Å². The molecule has 1 aromatic heterocycles. The highest BCUT2D eigenvalue weighted by atomic mass is 35.5. The first kappa shape index (κ1) is 15.2. The minimum absolute atomic E-state index is 0.264. The first-order valence-electron chi connectivity index (χ1n) is 7.00. The number of aromatic nitrogens is 2. The molecule has 0 aliphatic heterocycles. The molecule has 3 aromatic rings. The van der Waals surface area contributed by atoms with Crippen molar-refractivity contribution in [3.8, 4) is 0 Å². The molecule has 0 unspecified atom stereocenters. The fraction of sp³-hybridized carbons (Fsp3) is 0.118. The number of nitrogens with one attached hydrogen (secondary N) is 1. The number of H-pyrrole nitrogens is 1. The highest BCUT2D eigenvalue weighted by Gasteiger charge is 2.16. The summed E-state index contributed by atoms with van der Waals surface area (Å²) in [5.41, 5.74) is 0.671. The van der Waals surface area contributed by atoms with Crippen molar-refractivity contribution in [1.82, 2.24) is 9.97 Å². The predicted octanol–water partition coefficient (Wildman–Crippen LogP) is 3.49. The van der Waals surface area contributed by atoms with Crippen LogP contribution in [0.25, 0.3) is 10.9 Å². The van der Waals surface area contributed by atoms with Gasteiger partial charge in [0, 0.05) is 5.02 Å². The van der Waals surface area contributed by atoms with E-state index in [1.54, 1.807) is 55.5 Å². The van der Waals surface area contributed by atoms with E-state index in [2.05, 4.69) is 9.97 Å². The molecule has 0 bridgehead atoms. The van der Waals surface area contributed by atoms with Crippen molar-refractivity contribution in [2.75, 3.05) is 0 Å². The van der Waals surface area contributed by atoms with Crippen molar-refractivity contribution in [2.24, 2.45) is 0 Å². The van der Waals surface area contributed by atoms with E-state index in [4.69, 9.17) is 16.3 Å². The van der Waals surface area contributed by atoms with Gasteiger partial charge in [0.1, 0.15) is 0 Å². The van der Waals surface area contributed by atoms with Crippen molar-refractivity contribution in [3.05, 3.63) is 75.3 Å². The second kappa shape index (κ2) is 6.22. The molecule has 5 nitrogen and oxygen atoms in total. The lowest BCUT2D eigenvalue weighted by molar-refractivity contribution is 0.0320. The standard InChI is InChI=1S/C17H13ClN2O3/c1-10(23-17(22)11-6-8-12(18)9-7-11)15-19-14-5-3-2-4-13(14)16(21)20-15/h2-10H,1H3,(H,19,20,21)/t10-/m1/s1. The molecule has 6 heteroatoms. The molecule has 1 N–H and O–H groups in total. The van der Waals surface area contributed by atoms with Crippen LogP contribution in [0.15, 0.2) is 53.3 Å². The Kier molecular flexibility index (Phi) is 4.12. The van der Waals surface area contributed by atoms with Gasteiger partial charge in [-0.3, -0.25) is 4.79 Å². The van der Waals surface area contributed by atoms with Crippen LogP contribution in [-0.4, -0.2) is 15.9 Å². The van der Waals surface area contributed by atoms with Gasteiger partial charge < -0.3 is 9.72 Å². The van der Waals surface area contributed by atoms with Crippen LogP contribution in [0.4, 0.5) is 0 Å². The molecule has 0 aliphatic carbocycles. The highest BCUT2D eigenvalue weighted by Crippen LogP contribution is 2.17. The van der Waals surface area contributed by atoms with E-state index in [0.29, 0.717) is 27.3 Å². The molecule has 2 aromatic carbocycles. The zero-order valence-corrected chi connectivity index (χ0v) is 13.0. The number of hydrogen-bond acceptors (Lipinski definition) is 4. The fourth-order valence-electron chi connectivity index (χ4n) is 2.17. The number of rotatable bonds is 3. The number of fused-ring (bicyclic) bond motifs is 1. The predicted molar refractivity (Wildman–Crippen MR) is 87.6 cm³/mol. The van der Waals surface area contributed by atoms with Crippen LogP contribution in [0, 0.1) is 0 Å². The van der Waals surface area contributed by atoms with Gasteiger partial charge in [-0.1, -0.05) is 23.7 Å². The van der Waals surface area contributed by atoms with Gasteiger partial charge in [0.25, 0.3) is 5.56 Å². The average molecular weight is 329 g/mol. The smallest absolute Gasteiger partial charge is 0.338 e. The van der Waals surface area contributed by atoms with Gasteiger partial charge in [-0.15, -0.1) is 0 Å². The number of para-hydroxylation sites is 1. The van der Waals surface area contributed by atoms with Crippen LogP contribution in [0.3, 0.4) is 0 Å². The number of benzene rings is 2. The van der Waals surface area contributed by atoms with E-state index in [0.717, 1.165) is 0 Å². The van der Waals surface area contributed by atoms with E-state index >= 15 is 0 Å². The zero-order valence-electron chi connectivity index (χ0n) is 12.2. The Balaban J connectivity index is 1.85. The van der Waals surface area contributed by atoms with E-state index in [9.17, 15) is 9.59 Å². The molecular weight excluding hydrogens is 316 g/mol. The molecule has 0 saturated heterocycles. The Morgan fingerprint density at radius 2 is 1.87 bits per heavy atom. The first-order valence-corrected chi connectivity index (χ1v) is 7.38. The summed E-state index contributed by atoms with van der Waals surface area (Å²) in [4.78, 5) is 31.1. The Hall–Kier alpha value is -2.66. The van der Waals surface area contributed by atoms with Gasteiger partial charge in [-0.05, 0) is 43.3 Å². The number of nitrogens with zero attached hydrogens (tertiary/aromatic N) is 1. The van der Waals surface area contributed by atoms with Gasteiger partial charge in [0.2, 0.25) is 0 Å². The molecule has 0 saturated carbocycles. The number of hydrogen-bond donors (Lipinski definition) is 1. The summed E-state index contributed by atoms with van der Waals surface area (Å²) in [5, 5.41) is 1.03. The van der Waals surface area contributed by atoms with Gasteiger partial charge in [0.15, 0.2) is 11.9 Å². The molecule has 3 rings (SSSR count). The van der Waals surface area contributed by atoms with Crippen LogP contribution >= 0.6 is 11.6 Å². The Morgan fingerprint density at radius 3 is 2.61 bits per heavy atom. The Labute approximate surface area is 136 Å². The monoisotopic (exact) mass is 328 g/mol. The molecule has 0 spiro atoms. The second-order valence-corrected chi connectivity index (χ2v) is 5.46. The van der Waals surface area contributed by atoms with Crippen LogP contribution in [0.5, 0.6) is 0 Å². The average Bonchev–Trinajstić information content (AvgIpc) is 2.55. The van der Waals surface area contributed by atoms with Crippen LogP contribution in [0.1, 0.15) is 29.2 Å². The summed E-state index contributed by atoms with van der Waals surface area (Å²) in [6.07, 6.45) is -0.685. The van der Waals surface area contributed by atoms with Crippen LogP contribution in [-0.2, 0) is 4.74 Å². The molecule has 23 heavy (non-hydrogen) atoms. The molecule has 0 radical (unpaired) electrons. The lowest BCUT2D eigenvalue weighted by Crippen LogP contribution is -2.17. The maximum atomic E-state index is 12.1. The molecule has 0 fully saturated rings. The largest absolute Gasteiger partial charge is 0.451 e. The molecule has 1 atom stereocenters. The summed E-state index contributed by atoms with van der Waals surface area (Å²) < 4.78 is 5.35. The molecule has 1 heterocycles. The van der Waals surface area contributed by atoms with E-state index in [-0.39, 0.29) is 5.56 Å². The summed E-state index contributed by atoms with van der Waals surface area (Å²) in [6.45, 7) is 1.65. The Bertz CT molecular complexity index is 919. The van der Waals surface area contributed by atoms with Gasteiger partial charge in [-0.25, -0.2) is 9.78 Å².